The quantitative estimate of drug-likeness (QED) is 0.822. The standard InChI is InChI=1S/C11H16N2O3.ClH/c1-15-11(14)10-3-2-9(16-10)7-13-5-4-8(12)6-13;/h2-3,8H,4-7,12H2,1H3;1H/t8-;/m1./s1. The van der Waals surface area contributed by atoms with Crippen molar-refractivity contribution >= 4 is 18.4 Å². The van der Waals surface area contributed by atoms with Crippen molar-refractivity contribution in [2.24, 2.45) is 5.73 Å². The van der Waals surface area contributed by atoms with Gasteiger partial charge >= 0.3 is 5.97 Å². The smallest absolute Gasteiger partial charge is 0.373 e. The Hall–Kier alpha value is -1.04. The van der Waals surface area contributed by atoms with Gasteiger partial charge in [0.15, 0.2) is 0 Å². The number of carbonyl (C=O) groups excluding carboxylic acids is 1. The molecule has 1 atom stereocenters. The molecule has 2 N–H and O–H groups in total. The zero-order chi connectivity index (χ0) is 11.5. The minimum atomic E-state index is -0.440. The minimum Gasteiger partial charge on any atom is -0.463 e. The molecule has 0 aromatic carbocycles. The molecule has 96 valence electrons. The van der Waals surface area contributed by atoms with Crippen LogP contribution in [0, 0.1) is 0 Å². The first kappa shape index (κ1) is 14.0. The normalized spacial score (nSPS) is 20.0. The molecular formula is C11H17ClN2O3. The molecule has 0 unspecified atom stereocenters. The number of nitrogens with zero attached hydrogens (tertiary/aromatic N) is 1. The SMILES string of the molecule is COC(=O)c1ccc(CN2CC[C@@H](N)C2)o1.Cl. The first-order chi connectivity index (χ1) is 7.69. The number of esters is 1. The highest BCUT2D eigenvalue weighted by Crippen LogP contribution is 2.15. The lowest BCUT2D eigenvalue weighted by Crippen LogP contribution is -2.26. The molecule has 2 rings (SSSR count). The predicted octanol–water partition coefficient (Wildman–Crippen LogP) is 1.02. The van der Waals surface area contributed by atoms with E-state index in [0.29, 0.717) is 6.54 Å². The fourth-order valence-corrected chi connectivity index (χ4v) is 1.90. The van der Waals surface area contributed by atoms with Crippen LogP contribution in [0.3, 0.4) is 0 Å². The average molecular weight is 261 g/mol. The first-order valence-corrected chi connectivity index (χ1v) is 5.34. The van der Waals surface area contributed by atoms with Crippen molar-refractivity contribution in [3.63, 3.8) is 0 Å². The Balaban J connectivity index is 0.00000144. The Morgan fingerprint density at radius 2 is 2.41 bits per heavy atom. The summed E-state index contributed by atoms with van der Waals surface area (Å²) in [6, 6.07) is 3.70. The molecule has 2 heterocycles. The number of carbonyl (C=O) groups is 1. The van der Waals surface area contributed by atoms with E-state index in [-0.39, 0.29) is 24.2 Å². The third-order valence-electron chi connectivity index (χ3n) is 2.74. The summed E-state index contributed by atoms with van der Waals surface area (Å²) in [5, 5.41) is 0. The van der Waals surface area contributed by atoms with Crippen molar-refractivity contribution in [3.05, 3.63) is 23.7 Å². The van der Waals surface area contributed by atoms with Crippen molar-refractivity contribution in [2.45, 2.75) is 19.0 Å². The lowest BCUT2D eigenvalue weighted by atomic mass is 10.3. The van der Waals surface area contributed by atoms with Gasteiger partial charge in [-0.15, -0.1) is 12.4 Å². The lowest BCUT2D eigenvalue weighted by Gasteiger charge is -2.12. The van der Waals surface area contributed by atoms with Crippen LogP contribution in [0.4, 0.5) is 0 Å². The lowest BCUT2D eigenvalue weighted by molar-refractivity contribution is 0.0561. The van der Waals surface area contributed by atoms with E-state index >= 15 is 0 Å². The summed E-state index contributed by atoms with van der Waals surface area (Å²) in [5.41, 5.74) is 5.81. The average Bonchev–Trinajstić information content (AvgIpc) is 2.87. The highest BCUT2D eigenvalue weighted by molar-refractivity contribution is 5.86. The van der Waals surface area contributed by atoms with Crippen molar-refractivity contribution < 1.29 is 13.9 Å². The van der Waals surface area contributed by atoms with Crippen LogP contribution >= 0.6 is 12.4 Å². The Labute approximate surface area is 106 Å². The summed E-state index contributed by atoms with van der Waals surface area (Å²) in [5.74, 6) is 0.583. The molecule has 0 bridgehead atoms. The molecule has 0 saturated carbocycles. The molecule has 1 aliphatic rings. The minimum absolute atomic E-state index is 0. The molecule has 6 heteroatoms. The Bertz CT molecular complexity index is 381. The number of hydrogen-bond acceptors (Lipinski definition) is 5. The summed E-state index contributed by atoms with van der Waals surface area (Å²) in [6.07, 6.45) is 1.02. The highest BCUT2D eigenvalue weighted by atomic mass is 35.5. The number of ether oxygens (including phenoxy) is 1. The van der Waals surface area contributed by atoms with Gasteiger partial charge in [0.05, 0.1) is 13.7 Å². The van der Waals surface area contributed by atoms with Crippen LogP contribution in [0.15, 0.2) is 16.5 Å². The molecular weight excluding hydrogens is 244 g/mol. The van der Waals surface area contributed by atoms with Crippen LogP contribution in [0.1, 0.15) is 22.7 Å². The number of furan rings is 1. The van der Waals surface area contributed by atoms with Gasteiger partial charge in [0.25, 0.3) is 0 Å². The molecule has 1 fully saturated rings. The van der Waals surface area contributed by atoms with Gasteiger partial charge in [-0.2, -0.15) is 0 Å². The fraction of sp³-hybridized carbons (Fsp3) is 0.545. The zero-order valence-electron chi connectivity index (χ0n) is 9.72. The number of likely N-dealkylation sites (tertiary alicyclic amines) is 1. The van der Waals surface area contributed by atoms with Gasteiger partial charge in [0, 0.05) is 19.1 Å². The number of methoxy groups -OCH3 is 1. The Morgan fingerprint density at radius 1 is 1.65 bits per heavy atom. The molecule has 17 heavy (non-hydrogen) atoms. The zero-order valence-corrected chi connectivity index (χ0v) is 10.5. The highest BCUT2D eigenvalue weighted by Gasteiger charge is 2.20. The number of halogens is 1. The summed E-state index contributed by atoms with van der Waals surface area (Å²) in [7, 11) is 1.34. The van der Waals surface area contributed by atoms with Gasteiger partial charge in [0.1, 0.15) is 5.76 Å². The molecule has 5 nitrogen and oxygen atoms in total. The van der Waals surface area contributed by atoms with Gasteiger partial charge in [-0.1, -0.05) is 0 Å². The van der Waals surface area contributed by atoms with Gasteiger partial charge in [-0.05, 0) is 18.6 Å². The molecule has 1 saturated heterocycles. The van der Waals surface area contributed by atoms with Crippen LogP contribution in [-0.2, 0) is 11.3 Å². The van der Waals surface area contributed by atoms with Crippen LogP contribution in [0.2, 0.25) is 0 Å². The molecule has 0 aliphatic carbocycles. The van der Waals surface area contributed by atoms with Crippen molar-refractivity contribution in [2.75, 3.05) is 20.2 Å². The van der Waals surface area contributed by atoms with Crippen LogP contribution < -0.4 is 5.73 Å². The van der Waals surface area contributed by atoms with Crippen molar-refractivity contribution in [1.82, 2.24) is 4.90 Å². The number of nitrogens with two attached hydrogens (primary N) is 1. The topological polar surface area (TPSA) is 68.7 Å². The predicted molar refractivity (Wildman–Crippen MR) is 65.2 cm³/mol. The third kappa shape index (κ3) is 3.46. The van der Waals surface area contributed by atoms with E-state index in [1.807, 2.05) is 0 Å². The van der Waals surface area contributed by atoms with E-state index in [9.17, 15) is 4.79 Å². The van der Waals surface area contributed by atoms with E-state index in [1.54, 1.807) is 12.1 Å². The second kappa shape index (κ2) is 6.05. The van der Waals surface area contributed by atoms with E-state index in [0.717, 1.165) is 25.3 Å². The van der Waals surface area contributed by atoms with Crippen LogP contribution in [-0.4, -0.2) is 37.1 Å². The molecule has 0 spiro atoms. The summed E-state index contributed by atoms with van der Waals surface area (Å²) >= 11 is 0. The maximum Gasteiger partial charge on any atom is 0.373 e. The molecule has 1 aliphatic heterocycles. The number of rotatable bonds is 3. The van der Waals surface area contributed by atoms with E-state index < -0.39 is 5.97 Å². The largest absolute Gasteiger partial charge is 0.463 e. The van der Waals surface area contributed by atoms with Gasteiger partial charge in [-0.25, -0.2) is 4.79 Å². The van der Waals surface area contributed by atoms with Crippen LogP contribution in [0.5, 0.6) is 0 Å². The summed E-state index contributed by atoms with van der Waals surface area (Å²) in [6.45, 7) is 2.56. The summed E-state index contributed by atoms with van der Waals surface area (Å²) < 4.78 is 9.95. The van der Waals surface area contributed by atoms with Gasteiger partial charge < -0.3 is 14.9 Å². The van der Waals surface area contributed by atoms with E-state index in [4.69, 9.17) is 10.2 Å². The first-order valence-electron chi connectivity index (χ1n) is 5.34. The Morgan fingerprint density at radius 3 is 3.00 bits per heavy atom. The summed E-state index contributed by atoms with van der Waals surface area (Å²) in [4.78, 5) is 13.4. The monoisotopic (exact) mass is 260 g/mol. The number of hydrogen-bond donors (Lipinski definition) is 1. The van der Waals surface area contributed by atoms with E-state index in [2.05, 4.69) is 9.64 Å². The maximum absolute atomic E-state index is 11.2. The molecule has 1 aromatic heterocycles. The maximum atomic E-state index is 11.2. The third-order valence-corrected chi connectivity index (χ3v) is 2.74. The second-order valence-electron chi connectivity index (χ2n) is 4.04. The van der Waals surface area contributed by atoms with Crippen molar-refractivity contribution in [1.29, 1.82) is 0 Å². The second-order valence-corrected chi connectivity index (χ2v) is 4.04. The fourth-order valence-electron chi connectivity index (χ4n) is 1.90. The van der Waals surface area contributed by atoms with Crippen LogP contribution in [0.25, 0.3) is 0 Å². The molecule has 1 aromatic rings. The molecule has 0 radical (unpaired) electrons. The van der Waals surface area contributed by atoms with Gasteiger partial charge in [-0.3, -0.25) is 4.90 Å². The Kier molecular flexibility index (Phi) is 4.99. The van der Waals surface area contributed by atoms with E-state index in [1.165, 1.54) is 7.11 Å². The van der Waals surface area contributed by atoms with Crippen molar-refractivity contribution in [3.8, 4) is 0 Å². The molecule has 0 amide bonds. The van der Waals surface area contributed by atoms with Gasteiger partial charge in [0.2, 0.25) is 5.76 Å².